The number of primary amides is 1. The van der Waals surface area contributed by atoms with Crippen molar-refractivity contribution in [2.45, 2.75) is 57.0 Å². The molecule has 3 aliphatic rings. The second-order valence-corrected chi connectivity index (χ2v) is 10.1. The van der Waals surface area contributed by atoms with Crippen LogP contribution in [-0.2, 0) is 19.1 Å². The van der Waals surface area contributed by atoms with Crippen molar-refractivity contribution in [2.75, 3.05) is 32.8 Å². The molecule has 8 heteroatoms. The van der Waals surface area contributed by atoms with Crippen molar-refractivity contribution in [1.29, 1.82) is 0 Å². The average molecular weight is 475 g/mol. The molecule has 1 aromatic rings. The summed E-state index contributed by atoms with van der Waals surface area (Å²) < 4.78 is 24.1. The standard InChI is InChI=1S/C26H35FN2O5/c27-22-3-1-19(2-4-22)23(30)20-8-14-29(15-9-20)13-7-18-5-11-26(12-6-18,25(28)32)34-24(31)21-10-16-33-17-21/h1-4,18,20-21H,5-17H2,(H2,28,32). The number of nitrogens with two attached hydrogens (primary N) is 1. The van der Waals surface area contributed by atoms with Crippen LogP contribution in [0, 0.1) is 23.6 Å². The lowest BCUT2D eigenvalue weighted by molar-refractivity contribution is -0.176. The Balaban J connectivity index is 1.20. The lowest BCUT2D eigenvalue weighted by atomic mass is 9.76. The van der Waals surface area contributed by atoms with Gasteiger partial charge in [0, 0.05) is 18.1 Å². The summed E-state index contributed by atoms with van der Waals surface area (Å²) >= 11 is 0. The van der Waals surface area contributed by atoms with Crippen molar-refractivity contribution in [1.82, 2.24) is 4.90 Å². The summed E-state index contributed by atoms with van der Waals surface area (Å²) in [5, 5.41) is 0. The van der Waals surface area contributed by atoms with Gasteiger partial charge in [0.1, 0.15) is 5.82 Å². The molecule has 2 heterocycles. The van der Waals surface area contributed by atoms with Crippen molar-refractivity contribution in [3.63, 3.8) is 0 Å². The number of piperidine rings is 1. The van der Waals surface area contributed by atoms with E-state index in [0.717, 1.165) is 51.7 Å². The Morgan fingerprint density at radius 1 is 1.03 bits per heavy atom. The number of carbonyl (C=O) groups is 3. The number of ether oxygens (including phenoxy) is 2. The molecule has 1 aromatic carbocycles. The van der Waals surface area contributed by atoms with Gasteiger partial charge in [-0.3, -0.25) is 14.4 Å². The molecule has 1 aliphatic carbocycles. The number of rotatable bonds is 8. The maximum Gasteiger partial charge on any atom is 0.312 e. The molecule has 1 unspecified atom stereocenters. The first-order valence-corrected chi connectivity index (χ1v) is 12.5. The van der Waals surface area contributed by atoms with Gasteiger partial charge in [0.05, 0.1) is 12.5 Å². The van der Waals surface area contributed by atoms with Crippen molar-refractivity contribution in [3.8, 4) is 0 Å². The zero-order valence-electron chi connectivity index (χ0n) is 19.7. The fourth-order valence-electron chi connectivity index (χ4n) is 5.46. The topological polar surface area (TPSA) is 98.9 Å². The number of likely N-dealkylation sites (tertiary alicyclic amines) is 1. The molecular formula is C26H35FN2O5. The Labute approximate surface area is 200 Å². The van der Waals surface area contributed by atoms with Crippen LogP contribution in [0.25, 0.3) is 0 Å². The van der Waals surface area contributed by atoms with Gasteiger partial charge in [0.25, 0.3) is 5.91 Å². The fraction of sp³-hybridized carbons (Fsp3) is 0.654. The van der Waals surface area contributed by atoms with E-state index in [2.05, 4.69) is 4.90 Å². The molecule has 4 rings (SSSR count). The van der Waals surface area contributed by atoms with Gasteiger partial charge in [-0.2, -0.15) is 0 Å². The molecule has 0 radical (unpaired) electrons. The fourth-order valence-corrected chi connectivity index (χ4v) is 5.46. The lowest BCUT2D eigenvalue weighted by Crippen LogP contribution is -2.51. The molecule has 2 N–H and O–H groups in total. The molecule has 34 heavy (non-hydrogen) atoms. The van der Waals surface area contributed by atoms with Gasteiger partial charge in [-0.05, 0) is 101 Å². The van der Waals surface area contributed by atoms with Gasteiger partial charge < -0.3 is 20.1 Å². The van der Waals surface area contributed by atoms with Crippen molar-refractivity contribution < 1.29 is 28.2 Å². The van der Waals surface area contributed by atoms with Crippen LogP contribution >= 0.6 is 0 Å². The van der Waals surface area contributed by atoms with Crippen LogP contribution in [0.5, 0.6) is 0 Å². The van der Waals surface area contributed by atoms with E-state index in [1.165, 1.54) is 12.1 Å². The van der Waals surface area contributed by atoms with E-state index in [0.29, 0.717) is 44.0 Å². The predicted octanol–water partition coefficient (Wildman–Crippen LogP) is 3.10. The highest BCUT2D eigenvalue weighted by Gasteiger charge is 2.45. The molecule has 2 saturated heterocycles. The molecule has 1 saturated carbocycles. The summed E-state index contributed by atoms with van der Waals surface area (Å²) in [6.07, 6.45) is 5.81. The van der Waals surface area contributed by atoms with Crippen LogP contribution in [0.3, 0.4) is 0 Å². The largest absolute Gasteiger partial charge is 0.449 e. The number of nitrogens with zero attached hydrogens (tertiary/aromatic N) is 1. The minimum atomic E-state index is -1.19. The number of esters is 1. The highest BCUT2D eigenvalue weighted by molar-refractivity contribution is 5.97. The number of amides is 1. The van der Waals surface area contributed by atoms with Gasteiger partial charge in [0.2, 0.25) is 0 Å². The summed E-state index contributed by atoms with van der Waals surface area (Å²) in [7, 11) is 0. The van der Waals surface area contributed by atoms with Gasteiger partial charge in [-0.1, -0.05) is 0 Å². The molecule has 1 atom stereocenters. The normalized spacial score (nSPS) is 28.5. The summed E-state index contributed by atoms with van der Waals surface area (Å²) in [5.74, 6) is -0.991. The number of ketones is 1. The summed E-state index contributed by atoms with van der Waals surface area (Å²) in [6, 6.07) is 5.81. The van der Waals surface area contributed by atoms with E-state index < -0.39 is 11.5 Å². The van der Waals surface area contributed by atoms with E-state index >= 15 is 0 Å². The molecule has 0 aromatic heterocycles. The molecule has 0 spiro atoms. The number of hydrogen-bond acceptors (Lipinski definition) is 6. The maximum absolute atomic E-state index is 13.1. The molecule has 186 valence electrons. The molecule has 0 bridgehead atoms. The molecule has 7 nitrogen and oxygen atoms in total. The summed E-state index contributed by atoms with van der Waals surface area (Å²) in [6.45, 7) is 3.59. The average Bonchev–Trinajstić information content (AvgIpc) is 3.39. The Bertz CT molecular complexity index is 868. The highest BCUT2D eigenvalue weighted by Crippen LogP contribution is 2.37. The second kappa shape index (κ2) is 11.0. The van der Waals surface area contributed by atoms with Crippen molar-refractivity contribution in [3.05, 3.63) is 35.6 Å². The van der Waals surface area contributed by atoms with Crippen LogP contribution in [0.15, 0.2) is 24.3 Å². The van der Waals surface area contributed by atoms with E-state index in [1.54, 1.807) is 12.1 Å². The van der Waals surface area contributed by atoms with Gasteiger partial charge >= 0.3 is 5.97 Å². The maximum atomic E-state index is 13.1. The second-order valence-electron chi connectivity index (χ2n) is 10.1. The highest BCUT2D eigenvalue weighted by atomic mass is 19.1. The van der Waals surface area contributed by atoms with Gasteiger partial charge in [0.15, 0.2) is 11.4 Å². The summed E-state index contributed by atoms with van der Waals surface area (Å²) in [4.78, 5) is 39.7. The van der Waals surface area contributed by atoms with Crippen LogP contribution in [0.4, 0.5) is 4.39 Å². The minimum absolute atomic E-state index is 0.00692. The van der Waals surface area contributed by atoms with Crippen LogP contribution in [-0.4, -0.2) is 61.0 Å². The van der Waals surface area contributed by atoms with Crippen LogP contribution in [0.2, 0.25) is 0 Å². The van der Waals surface area contributed by atoms with E-state index in [4.69, 9.17) is 15.2 Å². The Morgan fingerprint density at radius 3 is 2.29 bits per heavy atom. The van der Waals surface area contributed by atoms with Crippen molar-refractivity contribution >= 4 is 17.7 Å². The van der Waals surface area contributed by atoms with E-state index in [-0.39, 0.29) is 29.4 Å². The van der Waals surface area contributed by atoms with Gasteiger partial charge in [-0.25, -0.2) is 4.39 Å². The zero-order valence-corrected chi connectivity index (χ0v) is 19.7. The Morgan fingerprint density at radius 2 is 1.71 bits per heavy atom. The number of hydrogen-bond donors (Lipinski definition) is 1. The number of benzene rings is 1. The summed E-state index contributed by atoms with van der Waals surface area (Å²) in [5.41, 5.74) is 5.07. The van der Waals surface area contributed by atoms with E-state index in [9.17, 15) is 18.8 Å². The third-order valence-electron chi connectivity index (χ3n) is 7.86. The molecule has 2 aliphatic heterocycles. The Kier molecular flexibility index (Phi) is 7.99. The van der Waals surface area contributed by atoms with E-state index in [1.807, 2.05) is 0 Å². The third-order valence-corrected chi connectivity index (χ3v) is 7.86. The third kappa shape index (κ3) is 5.84. The predicted molar refractivity (Wildman–Crippen MR) is 123 cm³/mol. The number of carbonyl (C=O) groups excluding carboxylic acids is 3. The quantitative estimate of drug-likeness (QED) is 0.459. The first kappa shape index (κ1) is 24.8. The molecule has 3 fully saturated rings. The monoisotopic (exact) mass is 474 g/mol. The lowest BCUT2D eigenvalue weighted by Gasteiger charge is -2.38. The smallest absolute Gasteiger partial charge is 0.312 e. The minimum Gasteiger partial charge on any atom is -0.449 e. The van der Waals surface area contributed by atoms with Crippen LogP contribution < -0.4 is 5.73 Å². The van der Waals surface area contributed by atoms with Crippen LogP contribution in [0.1, 0.15) is 61.7 Å². The number of halogens is 1. The molecule has 1 amide bonds. The number of Topliss-reactive ketones (excluding diaryl/α,β-unsaturated/α-hetero) is 1. The first-order chi connectivity index (χ1) is 16.4. The van der Waals surface area contributed by atoms with Crippen molar-refractivity contribution in [2.24, 2.45) is 23.5 Å². The SMILES string of the molecule is NC(=O)C1(OC(=O)C2CCOC2)CCC(CCN2CCC(C(=O)c3ccc(F)cc3)CC2)CC1. The zero-order chi connectivity index (χ0) is 24.1. The first-order valence-electron chi connectivity index (χ1n) is 12.5. The molecular weight excluding hydrogens is 439 g/mol. The Hall–Kier alpha value is -2.32. The van der Waals surface area contributed by atoms with Gasteiger partial charge in [-0.15, -0.1) is 0 Å².